The van der Waals surface area contributed by atoms with Gasteiger partial charge in [0.1, 0.15) is 5.82 Å². The molecular weight excluding hydrogens is 265 g/mol. The monoisotopic (exact) mass is 283 g/mol. The number of hydrogen-bond donors (Lipinski definition) is 1. The van der Waals surface area contributed by atoms with Gasteiger partial charge in [-0.25, -0.2) is 4.39 Å². The lowest BCUT2D eigenvalue weighted by Crippen LogP contribution is -2.00. The fraction of sp³-hybridized carbons (Fsp3) is 0.167. The molecule has 0 radical (unpaired) electrons. The number of nitrogens with one attached hydrogen (secondary N) is 1. The minimum Gasteiger partial charge on any atom is -0.361 e. The van der Waals surface area contributed by atoms with Crippen LogP contribution in [0.25, 0.3) is 0 Å². The van der Waals surface area contributed by atoms with Gasteiger partial charge in [-0.3, -0.25) is 4.79 Å². The van der Waals surface area contributed by atoms with Crippen molar-refractivity contribution in [1.82, 2.24) is 0 Å². The molecule has 0 aliphatic carbocycles. The van der Waals surface area contributed by atoms with Gasteiger partial charge in [0.15, 0.2) is 5.78 Å². The van der Waals surface area contributed by atoms with Crippen LogP contribution in [0.1, 0.15) is 27.0 Å². The van der Waals surface area contributed by atoms with E-state index in [9.17, 15) is 9.18 Å². The molecule has 0 aliphatic rings. The lowest BCUT2D eigenvalue weighted by Gasteiger charge is -2.06. The molecule has 0 fully saturated rings. The second kappa shape index (κ2) is 6.35. The molecule has 0 aromatic heterocycles. The molecule has 0 heterocycles. The Morgan fingerprint density at radius 1 is 1.05 bits per heavy atom. The third-order valence-corrected chi connectivity index (χ3v) is 3.32. The third-order valence-electron chi connectivity index (χ3n) is 3.32. The average Bonchev–Trinajstić information content (AvgIpc) is 2.43. The van der Waals surface area contributed by atoms with E-state index in [1.54, 1.807) is 12.3 Å². The van der Waals surface area contributed by atoms with E-state index in [4.69, 9.17) is 0 Å². The van der Waals surface area contributed by atoms with Gasteiger partial charge in [0.25, 0.3) is 0 Å². The van der Waals surface area contributed by atoms with Gasteiger partial charge in [-0.05, 0) is 56.2 Å². The first-order valence-electron chi connectivity index (χ1n) is 6.78. The van der Waals surface area contributed by atoms with E-state index in [0.717, 1.165) is 22.4 Å². The number of allylic oxidation sites excluding steroid dienone is 1. The summed E-state index contributed by atoms with van der Waals surface area (Å²) < 4.78 is 13.0. The van der Waals surface area contributed by atoms with Crippen LogP contribution >= 0.6 is 0 Å². The highest BCUT2D eigenvalue weighted by Crippen LogP contribution is 2.16. The zero-order valence-electron chi connectivity index (χ0n) is 12.4. The summed E-state index contributed by atoms with van der Waals surface area (Å²) in [5, 5.41) is 3.01. The summed E-state index contributed by atoms with van der Waals surface area (Å²) >= 11 is 0. The molecule has 0 aliphatic heterocycles. The van der Waals surface area contributed by atoms with Crippen LogP contribution in [0.2, 0.25) is 0 Å². The van der Waals surface area contributed by atoms with Crippen molar-refractivity contribution in [3.63, 3.8) is 0 Å². The van der Waals surface area contributed by atoms with Gasteiger partial charge in [0.05, 0.1) is 0 Å². The van der Waals surface area contributed by atoms with E-state index in [2.05, 4.69) is 5.32 Å². The number of carbonyl (C=O) groups excluding carboxylic acids is 1. The molecule has 2 aromatic carbocycles. The van der Waals surface area contributed by atoms with E-state index >= 15 is 0 Å². The Bertz CT molecular complexity index is 704. The van der Waals surface area contributed by atoms with Crippen LogP contribution in [-0.2, 0) is 0 Å². The Morgan fingerprint density at radius 2 is 1.81 bits per heavy atom. The number of halogens is 1. The van der Waals surface area contributed by atoms with Crippen molar-refractivity contribution in [2.24, 2.45) is 0 Å². The number of anilines is 1. The first-order chi connectivity index (χ1) is 9.97. The molecule has 0 unspecified atom stereocenters. The van der Waals surface area contributed by atoms with Crippen LogP contribution in [0, 0.1) is 26.6 Å². The predicted octanol–water partition coefficient (Wildman–Crippen LogP) is 4.56. The largest absolute Gasteiger partial charge is 0.361 e. The fourth-order valence-corrected chi connectivity index (χ4v) is 2.09. The standard InChI is InChI=1S/C18H18FNO/c1-12-4-5-13(2)16(10-12)18(21)8-9-20-17-7-6-15(19)11-14(17)3/h4-11,20H,1-3H3/b9-8+. The summed E-state index contributed by atoms with van der Waals surface area (Å²) in [5.41, 5.74) is 4.28. The normalized spacial score (nSPS) is 10.9. The molecule has 2 nitrogen and oxygen atoms in total. The number of ketones is 1. The number of benzene rings is 2. The molecule has 0 amide bonds. The maximum atomic E-state index is 13.0. The smallest absolute Gasteiger partial charge is 0.187 e. The molecule has 2 rings (SSSR count). The zero-order valence-corrected chi connectivity index (χ0v) is 12.4. The average molecular weight is 283 g/mol. The molecule has 0 saturated carbocycles. The van der Waals surface area contributed by atoms with Crippen molar-refractivity contribution < 1.29 is 9.18 Å². The van der Waals surface area contributed by atoms with Crippen LogP contribution < -0.4 is 5.32 Å². The topological polar surface area (TPSA) is 29.1 Å². The summed E-state index contributed by atoms with van der Waals surface area (Å²) in [7, 11) is 0. The van der Waals surface area contributed by atoms with Gasteiger partial charge >= 0.3 is 0 Å². The quantitative estimate of drug-likeness (QED) is 0.658. The summed E-state index contributed by atoms with van der Waals surface area (Å²) in [6, 6.07) is 10.3. The van der Waals surface area contributed by atoms with Crippen molar-refractivity contribution in [3.05, 3.63) is 76.7 Å². The molecule has 1 N–H and O–H groups in total. The van der Waals surface area contributed by atoms with E-state index in [1.807, 2.05) is 39.0 Å². The highest BCUT2D eigenvalue weighted by atomic mass is 19.1. The van der Waals surface area contributed by atoms with Gasteiger partial charge < -0.3 is 5.32 Å². The molecule has 0 saturated heterocycles. The Morgan fingerprint density at radius 3 is 2.52 bits per heavy atom. The molecule has 21 heavy (non-hydrogen) atoms. The number of rotatable bonds is 4. The van der Waals surface area contributed by atoms with Crippen LogP contribution in [0.5, 0.6) is 0 Å². The molecule has 0 atom stereocenters. The lowest BCUT2D eigenvalue weighted by molar-refractivity contribution is 0.104. The Hall–Kier alpha value is -2.42. The lowest BCUT2D eigenvalue weighted by atomic mass is 10.0. The van der Waals surface area contributed by atoms with E-state index < -0.39 is 0 Å². The van der Waals surface area contributed by atoms with Crippen LogP contribution in [0.4, 0.5) is 10.1 Å². The van der Waals surface area contributed by atoms with Gasteiger partial charge in [-0.1, -0.05) is 17.7 Å². The summed E-state index contributed by atoms with van der Waals surface area (Å²) in [6.45, 7) is 5.68. The van der Waals surface area contributed by atoms with E-state index in [1.165, 1.54) is 18.2 Å². The summed E-state index contributed by atoms with van der Waals surface area (Å²) in [5.74, 6) is -0.322. The second-order valence-electron chi connectivity index (χ2n) is 5.12. The van der Waals surface area contributed by atoms with Crippen LogP contribution in [0.3, 0.4) is 0 Å². The maximum Gasteiger partial charge on any atom is 0.187 e. The van der Waals surface area contributed by atoms with Gasteiger partial charge in [-0.2, -0.15) is 0 Å². The maximum absolute atomic E-state index is 13.0. The van der Waals surface area contributed by atoms with Crippen molar-refractivity contribution in [1.29, 1.82) is 0 Å². The SMILES string of the molecule is Cc1ccc(C)c(C(=O)/C=C/Nc2ccc(F)cc2C)c1. The van der Waals surface area contributed by atoms with E-state index in [0.29, 0.717) is 5.56 Å². The molecule has 0 bridgehead atoms. The number of carbonyl (C=O) groups is 1. The van der Waals surface area contributed by atoms with Gasteiger partial charge in [0, 0.05) is 23.5 Å². The van der Waals surface area contributed by atoms with Crippen LogP contribution in [0.15, 0.2) is 48.7 Å². The van der Waals surface area contributed by atoms with Crippen LogP contribution in [-0.4, -0.2) is 5.78 Å². The highest BCUT2D eigenvalue weighted by Gasteiger charge is 2.05. The van der Waals surface area contributed by atoms with E-state index in [-0.39, 0.29) is 11.6 Å². The fourth-order valence-electron chi connectivity index (χ4n) is 2.09. The van der Waals surface area contributed by atoms with Crippen molar-refractivity contribution in [2.45, 2.75) is 20.8 Å². The Balaban J connectivity index is 2.10. The molecule has 108 valence electrons. The second-order valence-corrected chi connectivity index (χ2v) is 5.12. The van der Waals surface area contributed by atoms with Crippen molar-refractivity contribution in [2.75, 3.05) is 5.32 Å². The van der Waals surface area contributed by atoms with Crippen molar-refractivity contribution in [3.8, 4) is 0 Å². The first-order valence-corrected chi connectivity index (χ1v) is 6.78. The van der Waals surface area contributed by atoms with Gasteiger partial charge in [-0.15, -0.1) is 0 Å². The summed E-state index contributed by atoms with van der Waals surface area (Å²) in [6.07, 6.45) is 3.08. The minimum atomic E-state index is -0.270. The zero-order chi connectivity index (χ0) is 15.4. The minimum absolute atomic E-state index is 0.0523. The summed E-state index contributed by atoms with van der Waals surface area (Å²) in [4.78, 5) is 12.2. The molecular formula is C18H18FNO. The molecule has 3 heteroatoms. The third kappa shape index (κ3) is 3.78. The van der Waals surface area contributed by atoms with Crippen molar-refractivity contribution >= 4 is 11.5 Å². The first kappa shape index (κ1) is 15.0. The Kier molecular flexibility index (Phi) is 4.53. The molecule has 2 aromatic rings. The number of hydrogen-bond acceptors (Lipinski definition) is 2. The Labute approximate surface area is 124 Å². The predicted molar refractivity (Wildman–Crippen MR) is 84.1 cm³/mol. The van der Waals surface area contributed by atoms with Gasteiger partial charge in [0.2, 0.25) is 0 Å². The number of aryl methyl sites for hydroxylation is 3. The molecule has 0 spiro atoms. The highest BCUT2D eigenvalue weighted by molar-refractivity contribution is 6.05.